The van der Waals surface area contributed by atoms with Gasteiger partial charge in [0.25, 0.3) is 0 Å². The molecule has 0 bridgehead atoms. The molecule has 134 valence electrons. The summed E-state index contributed by atoms with van der Waals surface area (Å²) in [7, 11) is 0. The molecule has 1 saturated carbocycles. The van der Waals surface area contributed by atoms with Crippen LogP contribution < -0.4 is 5.32 Å². The molecule has 1 saturated heterocycles. The van der Waals surface area contributed by atoms with E-state index in [0.717, 1.165) is 22.8 Å². The monoisotopic (exact) mass is 350 g/mol. The first-order chi connectivity index (χ1) is 12.7. The van der Waals surface area contributed by atoms with Gasteiger partial charge in [-0.2, -0.15) is 5.10 Å². The zero-order chi connectivity index (χ0) is 17.7. The average Bonchev–Trinajstić information content (AvgIpc) is 3.54. The van der Waals surface area contributed by atoms with Gasteiger partial charge in [-0.15, -0.1) is 0 Å². The summed E-state index contributed by atoms with van der Waals surface area (Å²) in [5.74, 6) is 1.68. The highest BCUT2D eigenvalue weighted by Gasteiger charge is 2.62. The summed E-state index contributed by atoms with van der Waals surface area (Å²) in [5.41, 5.74) is 3.58. The van der Waals surface area contributed by atoms with Crippen LogP contribution in [-0.4, -0.2) is 27.3 Å². The molecule has 1 N–H and O–H groups in total. The lowest BCUT2D eigenvalue weighted by molar-refractivity contribution is 0.347. The quantitative estimate of drug-likeness (QED) is 0.690. The van der Waals surface area contributed by atoms with E-state index in [-0.39, 0.29) is 17.7 Å². The van der Waals surface area contributed by atoms with E-state index in [0.29, 0.717) is 6.54 Å². The minimum absolute atomic E-state index is 0.0418. The molecule has 5 rings (SSSR count). The molecular weight excluding hydrogens is 328 g/mol. The van der Waals surface area contributed by atoms with Crippen molar-refractivity contribution in [2.24, 2.45) is 0 Å². The van der Waals surface area contributed by atoms with Crippen LogP contribution in [0.1, 0.15) is 35.4 Å². The van der Waals surface area contributed by atoms with E-state index in [9.17, 15) is 0 Å². The van der Waals surface area contributed by atoms with Gasteiger partial charge < -0.3 is 14.6 Å². The van der Waals surface area contributed by atoms with Crippen molar-refractivity contribution >= 4 is 5.82 Å². The van der Waals surface area contributed by atoms with Gasteiger partial charge in [0.15, 0.2) is 6.23 Å². The molecule has 1 aliphatic heterocycles. The Kier molecular flexibility index (Phi) is 3.43. The van der Waals surface area contributed by atoms with Crippen molar-refractivity contribution in [3.8, 4) is 0 Å². The van der Waals surface area contributed by atoms with Crippen molar-refractivity contribution in [3.63, 3.8) is 0 Å². The SMILES string of the molecule is Cc1noc(C)c1Cn1ccc(NC2OC2C2(c3ccccc3)CC2)n1. The second-order valence-electron chi connectivity index (χ2n) is 7.35. The van der Waals surface area contributed by atoms with Gasteiger partial charge in [-0.3, -0.25) is 4.68 Å². The van der Waals surface area contributed by atoms with Crippen LogP contribution in [0.25, 0.3) is 0 Å². The zero-order valence-corrected chi connectivity index (χ0v) is 15.0. The fraction of sp³-hybridized carbons (Fsp3) is 0.400. The van der Waals surface area contributed by atoms with Crippen molar-refractivity contribution < 1.29 is 9.26 Å². The topological polar surface area (TPSA) is 68.4 Å². The van der Waals surface area contributed by atoms with E-state index < -0.39 is 0 Å². The van der Waals surface area contributed by atoms with Gasteiger partial charge in [0.2, 0.25) is 0 Å². The Hall–Kier alpha value is -2.60. The number of nitrogens with one attached hydrogen (secondary N) is 1. The molecule has 3 aromatic rings. The minimum atomic E-state index is 0.0418. The van der Waals surface area contributed by atoms with Crippen LogP contribution >= 0.6 is 0 Å². The van der Waals surface area contributed by atoms with Gasteiger partial charge in [0.05, 0.1) is 12.2 Å². The smallest absolute Gasteiger partial charge is 0.156 e. The summed E-state index contributed by atoms with van der Waals surface area (Å²) in [6, 6.07) is 12.7. The molecule has 6 nitrogen and oxygen atoms in total. The molecule has 2 aromatic heterocycles. The lowest BCUT2D eigenvalue weighted by Crippen LogP contribution is -2.20. The number of hydrogen-bond acceptors (Lipinski definition) is 5. The number of aryl methyl sites for hydroxylation is 2. The van der Waals surface area contributed by atoms with Crippen molar-refractivity contribution in [1.29, 1.82) is 0 Å². The number of ether oxygens (including phenoxy) is 1. The lowest BCUT2D eigenvalue weighted by atomic mass is 9.92. The summed E-state index contributed by atoms with van der Waals surface area (Å²) in [5, 5.41) is 12.0. The molecule has 2 unspecified atom stereocenters. The number of epoxide rings is 1. The highest BCUT2D eigenvalue weighted by molar-refractivity contribution is 5.41. The molecule has 2 fully saturated rings. The number of rotatable bonds is 6. The van der Waals surface area contributed by atoms with Crippen LogP contribution in [0.2, 0.25) is 0 Å². The third-order valence-electron chi connectivity index (χ3n) is 5.61. The number of nitrogens with zero attached hydrogens (tertiary/aromatic N) is 3. The molecule has 6 heteroatoms. The predicted octanol–water partition coefficient (Wildman–Crippen LogP) is 3.40. The van der Waals surface area contributed by atoms with Gasteiger partial charge in [-0.1, -0.05) is 35.5 Å². The third kappa shape index (κ3) is 2.61. The highest BCUT2D eigenvalue weighted by atomic mass is 16.6. The van der Waals surface area contributed by atoms with Gasteiger partial charge in [0, 0.05) is 23.2 Å². The summed E-state index contributed by atoms with van der Waals surface area (Å²) in [4.78, 5) is 0. The van der Waals surface area contributed by atoms with Crippen LogP contribution in [0.4, 0.5) is 5.82 Å². The molecule has 2 atom stereocenters. The number of hydrogen-bond donors (Lipinski definition) is 1. The van der Waals surface area contributed by atoms with Crippen molar-refractivity contribution in [2.45, 2.75) is 51.0 Å². The minimum Gasteiger partial charge on any atom is -0.361 e. The van der Waals surface area contributed by atoms with E-state index in [1.807, 2.05) is 30.8 Å². The van der Waals surface area contributed by atoms with Gasteiger partial charge in [-0.05, 0) is 32.3 Å². The Morgan fingerprint density at radius 3 is 2.69 bits per heavy atom. The molecular formula is C20H22N4O2. The molecule has 1 aromatic carbocycles. The normalized spacial score (nSPS) is 23.0. The van der Waals surface area contributed by atoms with E-state index in [1.54, 1.807) is 0 Å². The molecule has 3 heterocycles. The van der Waals surface area contributed by atoms with Crippen LogP contribution in [-0.2, 0) is 16.7 Å². The standard InChI is InChI=1S/C20H22N4O2/c1-13-16(14(2)26-23-13)12-24-11-8-17(22-24)21-19-18(25-19)20(9-10-20)15-6-4-3-5-7-15/h3-8,11,18-19H,9-10,12H2,1-2H3,(H,21,22). The molecule has 0 radical (unpaired) electrons. The fourth-order valence-electron chi connectivity index (χ4n) is 3.85. The molecule has 26 heavy (non-hydrogen) atoms. The maximum Gasteiger partial charge on any atom is 0.156 e. The van der Waals surface area contributed by atoms with Crippen molar-refractivity contribution in [2.75, 3.05) is 5.32 Å². The van der Waals surface area contributed by atoms with Crippen molar-refractivity contribution in [1.82, 2.24) is 14.9 Å². The zero-order valence-electron chi connectivity index (χ0n) is 15.0. The highest BCUT2D eigenvalue weighted by Crippen LogP contribution is 2.57. The predicted molar refractivity (Wildman–Crippen MR) is 96.9 cm³/mol. The lowest BCUT2D eigenvalue weighted by Gasteiger charge is -2.12. The first-order valence-corrected chi connectivity index (χ1v) is 9.08. The van der Waals surface area contributed by atoms with Crippen LogP contribution in [0.3, 0.4) is 0 Å². The van der Waals surface area contributed by atoms with E-state index >= 15 is 0 Å². The van der Waals surface area contributed by atoms with Crippen LogP contribution in [0.5, 0.6) is 0 Å². The van der Waals surface area contributed by atoms with Crippen LogP contribution in [0, 0.1) is 13.8 Å². The van der Waals surface area contributed by atoms with Crippen LogP contribution in [0.15, 0.2) is 47.1 Å². The number of anilines is 1. The Morgan fingerprint density at radius 1 is 1.19 bits per heavy atom. The molecule has 0 amide bonds. The Bertz CT molecular complexity index is 907. The second-order valence-corrected chi connectivity index (χ2v) is 7.35. The first-order valence-electron chi connectivity index (χ1n) is 9.08. The van der Waals surface area contributed by atoms with Gasteiger partial charge in [-0.25, -0.2) is 0 Å². The maximum absolute atomic E-state index is 5.97. The summed E-state index contributed by atoms with van der Waals surface area (Å²) >= 11 is 0. The largest absolute Gasteiger partial charge is 0.361 e. The maximum atomic E-state index is 5.97. The molecule has 2 aliphatic rings. The summed E-state index contributed by atoms with van der Waals surface area (Å²) < 4.78 is 13.1. The number of benzene rings is 1. The fourth-order valence-corrected chi connectivity index (χ4v) is 3.85. The Labute approximate surface area is 152 Å². The Morgan fingerprint density at radius 2 is 2.00 bits per heavy atom. The Balaban J connectivity index is 1.24. The van der Waals surface area contributed by atoms with Gasteiger partial charge >= 0.3 is 0 Å². The first kappa shape index (κ1) is 15.6. The summed E-state index contributed by atoms with van der Waals surface area (Å²) in [6.45, 7) is 4.54. The van der Waals surface area contributed by atoms with E-state index in [2.05, 4.69) is 45.9 Å². The third-order valence-corrected chi connectivity index (χ3v) is 5.61. The number of aromatic nitrogens is 3. The second kappa shape index (κ2) is 5.71. The molecule has 1 aliphatic carbocycles. The molecule has 0 spiro atoms. The van der Waals surface area contributed by atoms with Crippen molar-refractivity contribution in [3.05, 3.63) is 65.2 Å². The van der Waals surface area contributed by atoms with E-state index in [4.69, 9.17) is 9.26 Å². The summed E-state index contributed by atoms with van der Waals surface area (Å²) in [6.07, 6.45) is 4.63. The van der Waals surface area contributed by atoms with E-state index in [1.165, 1.54) is 18.4 Å². The van der Waals surface area contributed by atoms with Gasteiger partial charge in [0.1, 0.15) is 17.7 Å². The average molecular weight is 350 g/mol.